The van der Waals surface area contributed by atoms with Crippen molar-refractivity contribution in [3.63, 3.8) is 0 Å². The van der Waals surface area contributed by atoms with E-state index in [1.807, 2.05) is 48.5 Å². The number of hydrogen-bond acceptors (Lipinski definition) is 7. The molecule has 0 unspecified atom stereocenters. The monoisotopic (exact) mass is 553 g/mol. The van der Waals surface area contributed by atoms with Crippen molar-refractivity contribution in [2.45, 2.75) is 31.7 Å². The highest BCUT2D eigenvalue weighted by atomic mass is 32.2. The first-order valence-electron chi connectivity index (χ1n) is 12.1. The van der Waals surface area contributed by atoms with E-state index >= 15 is 0 Å². The van der Waals surface area contributed by atoms with Crippen molar-refractivity contribution in [1.29, 1.82) is 0 Å². The van der Waals surface area contributed by atoms with Crippen molar-refractivity contribution >= 4 is 27.6 Å². The Hall–Kier alpha value is -3.90. The van der Waals surface area contributed by atoms with Crippen molar-refractivity contribution in [2.75, 3.05) is 12.9 Å². The molecule has 0 radical (unpaired) electrons. The first kappa shape index (κ1) is 29.7. The Morgan fingerprint density at radius 1 is 0.744 bits per heavy atom. The Bertz CT molecular complexity index is 1320. The second kappa shape index (κ2) is 14.9. The smallest absolute Gasteiger partial charge is 0.313 e. The number of Topliss-reactive ketones (excluding diaryl/α,β-unsaturated/α-hetero) is 1. The number of amides is 2. The molecule has 10 nitrogen and oxygen atoms in total. The maximum absolute atomic E-state index is 13.2. The molecule has 0 aromatic heterocycles. The number of carbonyl (C=O) groups is 3. The molecule has 2 amide bonds. The van der Waals surface area contributed by atoms with Crippen LogP contribution in [-0.4, -0.2) is 51.0 Å². The Morgan fingerprint density at radius 2 is 1.26 bits per heavy atom. The highest BCUT2D eigenvalue weighted by Crippen LogP contribution is 2.07. The molecule has 0 aliphatic carbocycles. The number of carbonyl (C=O) groups excluding carboxylic acids is 3. The summed E-state index contributed by atoms with van der Waals surface area (Å²) >= 11 is 0. The Balaban J connectivity index is 1.68. The zero-order valence-electron chi connectivity index (χ0n) is 21.4. The van der Waals surface area contributed by atoms with Gasteiger partial charge in [-0.25, -0.2) is 18.6 Å². The number of nitrogens with one attached hydrogen (secondary N) is 3. The van der Waals surface area contributed by atoms with E-state index in [0.29, 0.717) is 5.56 Å². The third-order valence-corrected chi connectivity index (χ3v) is 6.17. The van der Waals surface area contributed by atoms with E-state index in [2.05, 4.69) is 15.5 Å². The summed E-state index contributed by atoms with van der Waals surface area (Å²) < 4.78 is 31.7. The molecule has 2 atom stereocenters. The van der Waals surface area contributed by atoms with Gasteiger partial charge < -0.3 is 10.1 Å². The fourth-order valence-corrected chi connectivity index (χ4v) is 4.28. The highest BCUT2D eigenvalue weighted by molar-refractivity contribution is 7.88. The molecule has 11 heteroatoms. The van der Waals surface area contributed by atoms with E-state index in [9.17, 15) is 22.8 Å². The summed E-state index contributed by atoms with van der Waals surface area (Å²) in [6, 6.07) is 24.3. The summed E-state index contributed by atoms with van der Waals surface area (Å²) in [6.07, 6.45) is 0.905. The van der Waals surface area contributed by atoms with E-state index in [1.165, 1.54) is 0 Å². The van der Waals surface area contributed by atoms with Crippen molar-refractivity contribution in [2.24, 2.45) is 0 Å². The van der Waals surface area contributed by atoms with Gasteiger partial charge >= 0.3 is 5.91 Å². The van der Waals surface area contributed by atoms with E-state index in [4.69, 9.17) is 9.57 Å². The van der Waals surface area contributed by atoms with Crippen molar-refractivity contribution in [1.82, 2.24) is 15.5 Å². The molecule has 39 heavy (non-hydrogen) atoms. The lowest BCUT2D eigenvalue weighted by Crippen LogP contribution is -2.55. The van der Waals surface area contributed by atoms with Crippen LogP contribution in [0.4, 0.5) is 0 Å². The molecule has 3 N–H and O–H groups in total. The average molecular weight is 554 g/mol. The van der Waals surface area contributed by atoms with Gasteiger partial charge in [0.25, 0.3) is 0 Å². The van der Waals surface area contributed by atoms with Crippen molar-refractivity contribution in [3.05, 3.63) is 108 Å². The molecule has 3 rings (SSSR count). The Kier molecular flexibility index (Phi) is 11.3. The Labute approximate surface area is 227 Å². The van der Waals surface area contributed by atoms with Gasteiger partial charge in [0.1, 0.15) is 12.1 Å². The minimum atomic E-state index is -3.81. The minimum absolute atomic E-state index is 0.00597. The number of ketones is 1. The van der Waals surface area contributed by atoms with Crippen molar-refractivity contribution in [3.8, 4) is 0 Å². The number of hydroxylamine groups is 1. The SMILES string of the molecule is CS(=O)(=O)N[C@H](COCc1ccccc1)C(=O)N[C@@H](Cc1ccccc1)C(=O)C(=O)NOCc1ccccc1. The maximum Gasteiger partial charge on any atom is 0.313 e. The molecule has 0 saturated carbocycles. The molecule has 0 bridgehead atoms. The fraction of sp³-hybridized carbons (Fsp3) is 0.250. The zero-order valence-corrected chi connectivity index (χ0v) is 22.2. The third kappa shape index (κ3) is 10.8. The standard InChI is InChI=1S/C28H31N3O7S/c1-39(35,36)31-25(20-37-18-22-13-7-3-8-14-22)27(33)29-24(17-21-11-5-2-6-12-21)26(32)28(34)30-38-19-23-15-9-4-10-16-23/h2-16,24-25,31H,17-20H2,1H3,(H,29,33)(H,30,34)/t24-,25+/m0/s1. The first-order valence-corrected chi connectivity index (χ1v) is 14.0. The van der Waals surface area contributed by atoms with Crippen LogP contribution in [-0.2, 0) is 53.6 Å². The van der Waals surface area contributed by atoms with E-state index < -0.39 is 39.7 Å². The van der Waals surface area contributed by atoms with Crippen molar-refractivity contribution < 1.29 is 32.4 Å². The number of ether oxygens (including phenoxy) is 1. The molecular formula is C28H31N3O7S. The average Bonchev–Trinajstić information content (AvgIpc) is 2.92. The van der Waals surface area contributed by atoms with Gasteiger partial charge in [0, 0.05) is 6.42 Å². The lowest BCUT2D eigenvalue weighted by Gasteiger charge is -2.22. The second-order valence-electron chi connectivity index (χ2n) is 8.76. The van der Waals surface area contributed by atoms with Crippen LogP contribution in [0.3, 0.4) is 0 Å². The molecule has 0 spiro atoms. The molecule has 0 aliphatic heterocycles. The van der Waals surface area contributed by atoms with Gasteiger partial charge in [-0.3, -0.25) is 19.2 Å². The summed E-state index contributed by atoms with van der Waals surface area (Å²) in [5, 5.41) is 2.51. The molecule has 0 fully saturated rings. The number of benzene rings is 3. The normalized spacial score (nSPS) is 12.7. The summed E-state index contributed by atoms with van der Waals surface area (Å²) in [5.41, 5.74) is 4.41. The van der Waals surface area contributed by atoms with Gasteiger partial charge in [-0.1, -0.05) is 91.0 Å². The highest BCUT2D eigenvalue weighted by Gasteiger charge is 2.31. The van der Waals surface area contributed by atoms with Gasteiger partial charge in [-0.2, -0.15) is 0 Å². The maximum atomic E-state index is 13.2. The van der Waals surface area contributed by atoms with Gasteiger partial charge in [-0.05, 0) is 16.7 Å². The zero-order chi connectivity index (χ0) is 28.1. The molecule has 206 valence electrons. The van der Waals surface area contributed by atoms with Crippen LogP contribution < -0.4 is 15.5 Å². The Morgan fingerprint density at radius 3 is 1.79 bits per heavy atom. The summed E-state index contributed by atoms with van der Waals surface area (Å²) in [7, 11) is -3.81. The second-order valence-corrected chi connectivity index (χ2v) is 10.5. The van der Waals surface area contributed by atoms with Crippen LogP contribution in [0.2, 0.25) is 0 Å². The van der Waals surface area contributed by atoms with Crippen LogP contribution in [0.1, 0.15) is 16.7 Å². The van der Waals surface area contributed by atoms with E-state index in [0.717, 1.165) is 17.4 Å². The van der Waals surface area contributed by atoms with Crippen LogP contribution in [0.5, 0.6) is 0 Å². The van der Waals surface area contributed by atoms with Crippen LogP contribution in [0.15, 0.2) is 91.0 Å². The summed E-state index contributed by atoms with van der Waals surface area (Å²) in [4.78, 5) is 44.0. The predicted molar refractivity (Wildman–Crippen MR) is 144 cm³/mol. The molecule has 3 aromatic rings. The number of sulfonamides is 1. The topological polar surface area (TPSA) is 140 Å². The fourth-order valence-electron chi connectivity index (χ4n) is 3.59. The quantitative estimate of drug-likeness (QED) is 0.192. The molecule has 0 aliphatic rings. The van der Waals surface area contributed by atoms with Gasteiger partial charge in [0.05, 0.1) is 26.1 Å². The number of hydrogen-bond donors (Lipinski definition) is 3. The summed E-state index contributed by atoms with van der Waals surface area (Å²) in [6.45, 7) is -0.120. The largest absolute Gasteiger partial charge is 0.375 e. The van der Waals surface area contributed by atoms with Crippen LogP contribution in [0.25, 0.3) is 0 Å². The van der Waals surface area contributed by atoms with Crippen LogP contribution in [0, 0.1) is 0 Å². The predicted octanol–water partition coefficient (Wildman–Crippen LogP) is 1.67. The van der Waals surface area contributed by atoms with Gasteiger partial charge in [-0.15, -0.1) is 0 Å². The molecule has 3 aromatic carbocycles. The third-order valence-electron chi connectivity index (χ3n) is 5.45. The van der Waals surface area contributed by atoms with Gasteiger partial charge in [0.15, 0.2) is 0 Å². The molecule has 0 saturated heterocycles. The lowest BCUT2D eigenvalue weighted by molar-refractivity contribution is -0.148. The lowest BCUT2D eigenvalue weighted by atomic mass is 10.0. The minimum Gasteiger partial charge on any atom is -0.375 e. The first-order chi connectivity index (χ1) is 18.7. The number of rotatable bonds is 15. The summed E-state index contributed by atoms with van der Waals surface area (Å²) in [5.74, 6) is -2.83. The van der Waals surface area contributed by atoms with E-state index in [1.54, 1.807) is 42.5 Å². The van der Waals surface area contributed by atoms with E-state index in [-0.39, 0.29) is 26.2 Å². The molecule has 0 heterocycles. The molecular weight excluding hydrogens is 522 g/mol. The van der Waals surface area contributed by atoms with Crippen LogP contribution >= 0.6 is 0 Å². The van der Waals surface area contributed by atoms with Gasteiger partial charge in [0.2, 0.25) is 21.7 Å².